The molecule has 0 bridgehead atoms. The van der Waals surface area contributed by atoms with Crippen molar-refractivity contribution in [2.24, 2.45) is 0 Å². The second-order valence-electron chi connectivity index (χ2n) is 3.26. The van der Waals surface area contributed by atoms with Crippen LogP contribution in [0.4, 0.5) is 0 Å². The first-order chi connectivity index (χ1) is 7.66. The second-order valence-corrected chi connectivity index (χ2v) is 5.68. The molecule has 2 aromatic rings. The van der Waals surface area contributed by atoms with Crippen molar-refractivity contribution in [3.05, 3.63) is 28.9 Å². The minimum Gasteiger partial charge on any atom is -0.389 e. The standard InChI is InChI=1S/C10H11N3OS2/c1-6(14)8-4-3-5-11-9(8)16-10-13-12-7(2)15-10/h3-6,14H,1-2H3/t6-/m0/s1. The van der Waals surface area contributed by atoms with Crippen molar-refractivity contribution in [3.63, 3.8) is 0 Å². The van der Waals surface area contributed by atoms with Gasteiger partial charge < -0.3 is 5.11 Å². The molecule has 0 amide bonds. The first-order valence-corrected chi connectivity index (χ1v) is 6.41. The molecule has 0 radical (unpaired) electrons. The monoisotopic (exact) mass is 253 g/mol. The number of hydrogen-bond acceptors (Lipinski definition) is 6. The van der Waals surface area contributed by atoms with Gasteiger partial charge in [0.15, 0.2) is 4.34 Å². The van der Waals surface area contributed by atoms with Crippen LogP contribution in [0.25, 0.3) is 0 Å². The Morgan fingerprint density at radius 1 is 1.44 bits per heavy atom. The van der Waals surface area contributed by atoms with Crippen molar-refractivity contribution in [3.8, 4) is 0 Å². The molecule has 0 aliphatic rings. The van der Waals surface area contributed by atoms with Gasteiger partial charge in [0.25, 0.3) is 0 Å². The maximum Gasteiger partial charge on any atom is 0.180 e. The molecular formula is C10H11N3OS2. The quantitative estimate of drug-likeness (QED) is 0.910. The van der Waals surface area contributed by atoms with Crippen LogP contribution in [0.1, 0.15) is 23.6 Å². The van der Waals surface area contributed by atoms with Crippen LogP contribution in [0.3, 0.4) is 0 Å². The zero-order valence-electron chi connectivity index (χ0n) is 8.91. The fourth-order valence-corrected chi connectivity index (χ4v) is 3.11. The SMILES string of the molecule is Cc1nnc(Sc2ncccc2[C@H](C)O)s1. The van der Waals surface area contributed by atoms with Gasteiger partial charge in [0.1, 0.15) is 10.0 Å². The molecule has 84 valence electrons. The van der Waals surface area contributed by atoms with Gasteiger partial charge in [-0.3, -0.25) is 0 Å². The zero-order chi connectivity index (χ0) is 11.5. The molecule has 0 aromatic carbocycles. The molecule has 2 aromatic heterocycles. The van der Waals surface area contributed by atoms with E-state index in [1.165, 1.54) is 23.1 Å². The number of hydrogen-bond donors (Lipinski definition) is 1. The van der Waals surface area contributed by atoms with Crippen molar-refractivity contribution >= 4 is 23.1 Å². The molecule has 1 atom stereocenters. The van der Waals surface area contributed by atoms with Crippen molar-refractivity contribution in [1.29, 1.82) is 0 Å². The van der Waals surface area contributed by atoms with E-state index in [4.69, 9.17) is 0 Å². The number of nitrogens with zero attached hydrogens (tertiary/aromatic N) is 3. The third-order valence-electron chi connectivity index (χ3n) is 1.94. The maximum atomic E-state index is 9.60. The summed E-state index contributed by atoms with van der Waals surface area (Å²) >= 11 is 2.96. The highest BCUT2D eigenvalue weighted by molar-refractivity contribution is 8.01. The van der Waals surface area contributed by atoms with Gasteiger partial charge >= 0.3 is 0 Å². The van der Waals surface area contributed by atoms with Gasteiger partial charge in [-0.05, 0) is 31.7 Å². The number of aryl methyl sites for hydroxylation is 1. The van der Waals surface area contributed by atoms with Crippen molar-refractivity contribution in [1.82, 2.24) is 15.2 Å². The van der Waals surface area contributed by atoms with Gasteiger partial charge in [-0.1, -0.05) is 17.4 Å². The van der Waals surface area contributed by atoms with E-state index in [9.17, 15) is 5.11 Å². The molecule has 0 aliphatic heterocycles. The van der Waals surface area contributed by atoms with Crippen LogP contribution in [-0.2, 0) is 0 Å². The first-order valence-electron chi connectivity index (χ1n) is 4.78. The highest BCUT2D eigenvalue weighted by atomic mass is 32.2. The van der Waals surface area contributed by atoms with Crippen LogP contribution in [0.5, 0.6) is 0 Å². The fourth-order valence-electron chi connectivity index (χ4n) is 1.21. The Hall–Kier alpha value is -0.980. The van der Waals surface area contributed by atoms with Crippen molar-refractivity contribution < 1.29 is 5.11 Å². The van der Waals surface area contributed by atoms with Gasteiger partial charge in [0.2, 0.25) is 0 Å². The van der Waals surface area contributed by atoms with E-state index in [1.54, 1.807) is 13.1 Å². The molecule has 6 heteroatoms. The largest absolute Gasteiger partial charge is 0.389 e. The Balaban J connectivity index is 2.27. The van der Waals surface area contributed by atoms with Crippen LogP contribution >= 0.6 is 23.1 Å². The van der Waals surface area contributed by atoms with Gasteiger partial charge in [0.05, 0.1) is 6.10 Å². The Labute approximate surface area is 102 Å². The molecule has 16 heavy (non-hydrogen) atoms. The Morgan fingerprint density at radius 3 is 2.88 bits per heavy atom. The lowest BCUT2D eigenvalue weighted by Crippen LogP contribution is -1.95. The molecule has 0 saturated carbocycles. The lowest BCUT2D eigenvalue weighted by Gasteiger charge is -2.08. The van der Waals surface area contributed by atoms with E-state index in [0.29, 0.717) is 0 Å². The molecular weight excluding hydrogens is 242 g/mol. The summed E-state index contributed by atoms with van der Waals surface area (Å²) in [6.07, 6.45) is 1.19. The molecule has 0 saturated heterocycles. The summed E-state index contributed by atoms with van der Waals surface area (Å²) in [5.74, 6) is 0. The number of pyridine rings is 1. The zero-order valence-corrected chi connectivity index (χ0v) is 10.5. The van der Waals surface area contributed by atoms with Crippen LogP contribution in [0.15, 0.2) is 27.7 Å². The lowest BCUT2D eigenvalue weighted by molar-refractivity contribution is 0.195. The summed E-state index contributed by atoms with van der Waals surface area (Å²) in [4.78, 5) is 4.25. The first kappa shape index (κ1) is 11.5. The summed E-state index contributed by atoms with van der Waals surface area (Å²) < 4.78 is 0.845. The van der Waals surface area contributed by atoms with E-state index < -0.39 is 6.10 Å². The Bertz CT molecular complexity index is 484. The van der Waals surface area contributed by atoms with E-state index in [2.05, 4.69) is 15.2 Å². The van der Waals surface area contributed by atoms with Gasteiger partial charge in [-0.2, -0.15) is 0 Å². The number of aromatic nitrogens is 3. The highest BCUT2D eigenvalue weighted by Gasteiger charge is 2.12. The summed E-state index contributed by atoms with van der Waals surface area (Å²) in [5.41, 5.74) is 0.820. The van der Waals surface area contributed by atoms with Gasteiger partial charge in [-0.25, -0.2) is 4.98 Å². The normalized spacial score (nSPS) is 12.7. The fraction of sp³-hybridized carbons (Fsp3) is 0.300. The second kappa shape index (κ2) is 4.90. The van der Waals surface area contributed by atoms with Crippen LogP contribution < -0.4 is 0 Å². The molecule has 1 N–H and O–H groups in total. The minimum atomic E-state index is -0.523. The number of aliphatic hydroxyl groups excluding tert-OH is 1. The summed E-state index contributed by atoms with van der Waals surface area (Å²) in [6.45, 7) is 3.64. The van der Waals surface area contributed by atoms with Crippen LogP contribution in [-0.4, -0.2) is 20.3 Å². The summed E-state index contributed by atoms with van der Waals surface area (Å²) in [5, 5.41) is 19.3. The summed E-state index contributed by atoms with van der Waals surface area (Å²) in [6, 6.07) is 3.69. The lowest BCUT2D eigenvalue weighted by atomic mass is 10.2. The van der Waals surface area contributed by atoms with Crippen molar-refractivity contribution in [2.75, 3.05) is 0 Å². The topological polar surface area (TPSA) is 58.9 Å². The third-order valence-corrected chi connectivity index (χ3v) is 3.87. The molecule has 0 unspecified atom stereocenters. The van der Waals surface area contributed by atoms with Crippen LogP contribution in [0.2, 0.25) is 0 Å². The number of aliphatic hydroxyl groups is 1. The average molecular weight is 253 g/mol. The minimum absolute atomic E-state index is 0.523. The highest BCUT2D eigenvalue weighted by Crippen LogP contribution is 2.32. The maximum absolute atomic E-state index is 9.60. The molecule has 2 heterocycles. The van der Waals surface area contributed by atoms with Crippen LogP contribution in [0, 0.1) is 6.92 Å². The van der Waals surface area contributed by atoms with E-state index >= 15 is 0 Å². The third kappa shape index (κ3) is 2.58. The Morgan fingerprint density at radius 2 is 2.25 bits per heavy atom. The average Bonchev–Trinajstić information content (AvgIpc) is 2.64. The molecule has 0 spiro atoms. The molecule has 2 rings (SSSR count). The molecule has 0 fully saturated rings. The summed E-state index contributed by atoms with van der Waals surface area (Å²) in [7, 11) is 0. The Kier molecular flexibility index (Phi) is 3.52. The molecule has 0 aliphatic carbocycles. The molecule has 4 nitrogen and oxygen atoms in total. The van der Waals surface area contributed by atoms with Crippen molar-refractivity contribution in [2.45, 2.75) is 29.3 Å². The van der Waals surface area contributed by atoms with Gasteiger partial charge in [-0.15, -0.1) is 10.2 Å². The van der Waals surface area contributed by atoms with Gasteiger partial charge in [0, 0.05) is 11.8 Å². The van der Waals surface area contributed by atoms with E-state index in [1.807, 2.05) is 19.1 Å². The van der Waals surface area contributed by atoms with E-state index in [-0.39, 0.29) is 0 Å². The smallest absolute Gasteiger partial charge is 0.180 e. The number of rotatable bonds is 3. The predicted molar refractivity (Wildman–Crippen MR) is 63.6 cm³/mol. The van der Waals surface area contributed by atoms with E-state index in [0.717, 1.165) is 19.9 Å². The predicted octanol–water partition coefficient (Wildman–Crippen LogP) is 2.45.